The van der Waals surface area contributed by atoms with Crippen LogP contribution in [0.2, 0.25) is 0 Å². The maximum Gasteiger partial charge on any atom is 0.206 e. The number of hydrogen-bond donors (Lipinski definition) is 0. The van der Waals surface area contributed by atoms with Crippen molar-refractivity contribution in [2.24, 2.45) is 10.1 Å². The molecule has 0 saturated heterocycles. The topological polar surface area (TPSA) is 42.1 Å². The lowest BCUT2D eigenvalue weighted by atomic mass is 10.1. The van der Waals surface area contributed by atoms with Crippen LogP contribution in [0.5, 0.6) is 0 Å². The molecule has 1 aromatic heterocycles. The van der Waals surface area contributed by atoms with Gasteiger partial charge >= 0.3 is 0 Å². The van der Waals surface area contributed by atoms with Gasteiger partial charge in [-0.3, -0.25) is 4.99 Å². The van der Waals surface area contributed by atoms with E-state index in [1.807, 2.05) is 23.6 Å². The predicted molar refractivity (Wildman–Crippen MR) is 123 cm³/mol. The van der Waals surface area contributed by atoms with Crippen LogP contribution in [0.3, 0.4) is 0 Å². The molecular weight excluding hydrogens is 399 g/mol. The van der Waals surface area contributed by atoms with Crippen molar-refractivity contribution in [3.05, 3.63) is 70.1 Å². The van der Waals surface area contributed by atoms with Crippen molar-refractivity contribution in [2.75, 3.05) is 38.3 Å². The van der Waals surface area contributed by atoms with Gasteiger partial charge in [0.05, 0.1) is 25.1 Å². The number of benzene rings is 2. The predicted octanol–water partition coefficient (Wildman–Crippen LogP) is 4.63. The fraction of sp³-hybridized carbons (Fsp3) is 0.304. The van der Waals surface area contributed by atoms with E-state index < -0.39 is 0 Å². The Bertz CT molecular complexity index is 1040. The van der Waals surface area contributed by atoms with Crippen LogP contribution in [0.1, 0.15) is 19.4 Å². The maximum atomic E-state index is 14.4. The summed E-state index contributed by atoms with van der Waals surface area (Å²) in [5.41, 5.74) is 3.32. The highest BCUT2D eigenvalue weighted by molar-refractivity contribution is 7.07. The number of rotatable bonds is 9. The molecule has 0 fully saturated rings. The van der Waals surface area contributed by atoms with E-state index in [0.29, 0.717) is 29.2 Å². The third kappa shape index (κ3) is 5.23. The highest BCUT2D eigenvalue weighted by Gasteiger charge is 2.11. The summed E-state index contributed by atoms with van der Waals surface area (Å²) in [5.74, 6) is -0.286. The molecule has 158 valence electrons. The van der Waals surface area contributed by atoms with Crippen LogP contribution in [0, 0.1) is 5.82 Å². The average molecular weight is 427 g/mol. The van der Waals surface area contributed by atoms with Crippen molar-refractivity contribution in [3.63, 3.8) is 0 Å². The molecule has 0 aliphatic carbocycles. The molecule has 3 aromatic rings. The molecule has 0 radical (unpaired) electrons. The molecule has 1 heterocycles. The lowest BCUT2D eigenvalue weighted by Gasteiger charge is -2.20. The highest BCUT2D eigenvalue weighted by Crippen LogP contribution is 2.23. The summed E-state index contributed by atoms with van der Waals surface area (Å²) in [6.45, 7) is 7.25. The summed E-state index contributed by atoms with van der Waals surface area (Å²) in [4.78, 5) is 7.54. The summed E-state index contributed by atoms with van der Waals surface area (Å²) in [6, 6.07) is 15.0. The van der Waals surface area contributed by atoms with E-state index in [9.17, 15) is 4.39 Å². The first-order valence-corrected chi connectivity index (χ1v) is 10.9. The van der Waals surface area contributed by atoms with E-state index in [-0.39, 0.29) is 5.82 Å². The van der Waals surface area contributed by atoms with Gasteiger partial charge in [0.25, 0.3) is 0 Å². The molecule has 30 heavy (non-hydrogen) atoms. The maximum absolute atomic E-state index is 14.4. The van der Waals surface area contributed by atoms with Crippen LogP contribution >= 0.6 is 11.3 Å². The molecule has 0 aliphatic heterocycles. The van der Waals surface area contributed by atoms with Gasteiger partial charge in [-0.2, -0.15) is 5.10 Å². The van der Waals surface area contributed by atoms with Crippen molar-refractivity contribution in [1.82, 2.24) is 4.68 Å². The molecule has 0 bridgehead atoms. The van der Waals surface area contributed by atoms with E-state index in [2.05, 4.69) is 41.0 Å². The van der Waals surface area contributed by atoms with Crippen LogP contribution in [0.25, 0.3) is 11.3 Å². The number of nitrogens with zero attached hydrogens (tertiary/aromatic N) is 4. The normalized spacial score (nSPS) is 12.1. The van der Waals surface area contributed by atoms with Crippen LogP contribution in [0.15, 0.2) is 64.0 Å². The van der Waals surface area contributed by atoms with Crippen LogP contribution in [0.4, 0.5) is 10.1 Å². The van der Waals surface area contributed by atoms with E-state index in [1.54, 1.807) is 30.1 Å². The average Bonchev–Trinajstić information content (AvgIpc) is 3.17. The van der Waals surface area contributed by atoms with Gasteiger partial charge in [-0.1, -0.05) is 24.3 Å². The van der Waals surface area contributed by atoms with Crippen LogP contribution in [-0.2, 0) is 4.74 Å². The Morgan fingerprint density at radius 2 is 1.83 bits per heavy atom. The highest BCUT2D eigenvalue weighted by atomic mass is 32.1. The van der Waals surface area contributed by atoms with E-state index in [0.717, 1.165) is 18.7 Å². The van der Waals surface area contributed by atoms with Gasteiger partial charge in [-0.25, -0.2) is 9.07 Å². The Morgan fingerprint density at radius 3 is 2.50 bits per heavy atom. The quantitative estimate of drug-likeness (QED) is 0.370. The Hall–Kier alpha value is -2.77. The number of halogens is 1. The molecule has 0 aliphatic rings. The molecule has 3 rings (SSSR count). The molecule has 5 nitrogen and oxygen atoms in total. The van der Waals surface area contributed by atoms with Crippen molar-refractivity contribution < 1.29 is 9.13 Å². The lowest BCUT2D eigenvalue weighted by Crippen LogP contribution is -2.21. The van der Waals surface area contributed by atoms with Gasteiger partial charge in [0.1, 0.15) is 5.82 Å². The summed E-state index contributed by atoms with van der Waals surface area (Å²) < 4.78 is 21.2. The second-order valence-corrected chi connectivity index (χ2v) is 7.41. The smallest absolute Gasteiger partial charge is 0.206 e. The van der Waals surface area contributed by atoms with Crippen LogP contribution < -0.4 is 9.70 Å². The van der Waals surface area contributed by atoms with E-state index >= 15 is 0 Å². The van der Waals surface area contributed by atoms with Crippen LogP contribution in [-0.4, -0.2) is 44.2 Å². The largest absolute Gasteiger partial charge is 0.383 e. The van der Waals surface area contributed by atoms with Gasteiger partial charge < -0.3 is 9.64 Å². The second-order valence-electron chi connectivity index (χ2n) is 6.58. The van der Waals surface area contributed by atoms with Gasteiger partial charge in [0.2, 0.25) is 4.80 Å². The Kier molecular flexibility index (Phi) is 7.93. The van der Waals surface area contributed by atoms with Gasteiger partial charge in [-0.05, 0) is 43.7 Å². The third-order valence-electron chi connectivity index (χ3n) is 4.72. The first-order chi connectivity index (χ1) is 14.7. The molecule has 0 amide bonds. The number of anilines is 1. The Morgan fingerprint density at radius 1 is 1.10 bits per heavy atom. The number of ether oxygens (including phenoxy) is 1. The Balaban J connectivity index is 1.96. The molecule has 0 N–H and O–H groups in total. The zero-order valence-electron chi connectivity index (χ0n) is 17.6. The molecule has 0 atom stereocenters. The Labute approximate surface area is 180 Å². The number of thiazole rings is 1. The van der Waals surface area contributed by atoms with Crippen molar-refractivity contribution in [3.8, 4) is 11.3 Å². The standard InChI is InChI=1S/C23H27FN4OS/c1-4-27(5-2)19-12-10-18(11-13-19)16-26-28-22(20-8-6-7-9-21(20)24)17-30-23(28)25-14-15-29-3/h6-13,16-17H,4-5,14-15H2,1-3H3/b25-23?,26-16-. The fourth-order valence-electron chi connectivity index (χ4n) is 3.09. The van der Waals surface area contributed by atoms with Crippen molar-refractivity contribution >= 4 is 23.2 Å². The first-order valence-electron chi connectivity index (χ1n) is 10.0. The molecule has 0 unspecified atom stereocenters. The van der Waals surface area contributed by atoms with Crippen molar-refractivity contribution in [2.45, 2.75) is 13.8 Å². The fourth-order valence-corrected chi connectivity index (χ4v) is 3.95. The van der Waals surface area contributed by atoms with E-state index in [1.165, 1.54) is 23.1 Å². The van der Waals surface area contributed by atoms with Gasteiger partial charge in [-0.15, -0.1) is 11.3 Å². The summed E-state index contributed by atoms with van der Waals surface area (Å²) in [5, 5.41) is 6.51. The summed E-state index contributed by atoms with van der Waals surface area (Å²) >= 11 is 1.43. The minimum atomic E-state index is -0.286. The minimum Gasteiger partial charge on any atom is -0.383 e. The number of methoxy groups -OCH3 is 1. The van der Waals surface area contributed by atoms with E-state index in [4.69, 9.17) is 4.74 Å². The van der Waals surface area contributed by atoms with Gasteiger partial charge in [0.15, 0.2) is 0 Å². The molecule has 0 saturated carbocycles. The molecule has 0 spiro atoms. The SMILES string of the molecule is CCN(CC)c1ccc(/C=N\n2c(-c3ccccc3F)csc2=NCCOC)cc1. The molecule has 7 heteroatoms. The monoisotopic (exact) mass is 426 g/mol. The molecule has 2 aromatic carbocycles. The second kappa shape index (κ2) is 10.8. The molecular formula is C23H27FN4OS. The summed E-state index contributed by atoms with van der Waals surface area (Å²) in [6.07, 6.45) is 1.78. The van der Waals surface area contributed by atoms with Crippen molar-refractivity contribution in [1.29, 1.82) is 0 Å². The number of hydrogen-bond acceptors (Lipinski definition) is 5. The zero-order valence-corrected chi connectivity index (χ0v) is 18.4. The summed E-state index contributed by atoms with van der Waals surface area (Å²) in [7, 11) is 1.64. The number of aromatic nitrogens is 1. The zero-order chi connectivity index (χ0) is 21.3. The minimum absolute atomic E-state index is 0.286. The third-order valence-corrected chi connectivity index (χ3v) is 5.58. The first kappa shape index (κ1) is 21.9. The lowest BCUT2D eigenvalue weighted by molar-refractivity contribution is 0.207. The van der Waals surface area contributed by atoms with Gasteiger partial charge in [0, 0.05) is 36.8 Å².